The molecule has 1 fully saturated rings. The molecule has 0 unspecified atom stereocenters. The summed E-state index contributed by atoms with van der Waals surface area (Å²) in [6.07, 6.45) is 5.58. The zero-order valence-electron chi connectivity index (χ0n) is 12.0. The Hall–Kier alpha value is -1.23. The topological polar surface area (TPSA) is 41.1 Å². The molecule has 0 bridgehead atoms. The van der Waals surface area contributed by atoms with Crippen LogP contribution in [0.5, 0.6) is 0 Å². The van der Waals surface area contributed by atoms with Gasteiger partial charge in [0, 0.05) is 17.8 Å². The van der Waals surface area contributed by atoms with Gasteiger partial charge in [-0.3, -0.25) is 4.79 Å². The number of hydrogen-bond acceptors (Lipinski definition) is 3. The summed E-state index contributed by atoms with van der Waals surface area (Å²) in [5, 5.41) is 5.88. The fourth-order valence-corrected chi connectivity index (χ4v) is 3.34. The number of benzene rings is 1. The van der Waals surface area contributed by atoms with Gasteiger partial charge in [-0.15, -0.1) is 0 Å². The first kappa shape index (κ1) is 15.2. The first-order chi connectivity index (χ1) is 9.62. The number of nitrogens with one attached hydrogen (secondary N) is 2. The van der Waals surface area contributed by atoms with Crippen LogP contribution in [0, 0.1) is 5.82 Å². The van der Waals surface area contributed by atoms with Crippen LogP contribution < -0.4 is 10.6 Å². The number of halogens is 1. The van der Waals surface area contributed by atoms with Gasteiger partial charge in [-0.2, -0.15) is 11.8 Å². The highest BCUT2D eigenvalue weighted by Crippen LogP contribution is 2.42. The summed E-state index contributed by atoms with van der Waals surface area (Å²) in [5.74, 6) is -0.594. The highest BCUT2D eigenvalue weighted by molar-refractivity contribution is 8.00. The van der Waals surface area contributed by atoms with Crippen molar-refractivity contribution in [3.63, 3.8) is 0 Å². The van der Waals surface area contributed by atoms with E-state index in [0.717, 1.165) is 12.8 Å². The van der Waals surface area contributed by atoms with E-state index in [4.69, 9.17) is 0 Å². The molecule has 5 heteroatoms. The van der Waals surface area contributed by atoms with Gasteiger partial charge < -0.3 is 10.6 Å². The Morgan fingerprint density at radius 1 is 1.45 bits per heavy atom. The van der Waals surface area contributed by atoms with Crippen molar-refractivity contribution in [2.45, 2.75) is 30.9 Å². The number of anilines is 1. The number of rotatable bonds is 6. The number of carbonyl (C=O) groups is 1. The van der Waals surface area contributed by atoms with Crippen LogP contribution in [0.1, 0.15) is 36.5 Å². The van der Waals surface area contributed by atoms with Gasteiger partial charge in [-0.1, -0.05) is 12.5 Å². The van der Waals surface area contributed by atoms with Crippen LogP contribution in [0.15, 0.2) is 18.2 Å². The summed E-state index contributed by atoms with van der Waals surface area (Å²) in [4.78, 5) is 12.3. The average molecular weight is 296 g/mol. The lowest BCUT2D eigenvalue weighted by molar-refractivity contribution is 0.0944. The molecule has 1 amide bonds. The molecular weight excluding hydrogens is 275 g/mol. The number of thioether (sulfide) groups is 1. The second-order valence-electron chi connectivity index (χ2n) is 5.12. The van der Waals surface area contributed by atoms with E-state index in [1.165, 1.54) is 12.5 Å². The van der Waals surface area contributed by atoms with Crippen molar-refractivity contribution in [1.29, 1.82) is 0 Å². The van der Waals surface area contributed by atoms with Crippen LogP contribution >= 0.6 is 11.8 Å². The Morgan fingerprint density at radius 3 is 2.75 bits per heavy atom. The molecule has 1 aliphatic rings. The van der Waals surface area contributed by atoms with E-state index in [2.05, 4.69) is 16.9 Å². The van der Waals surface area contributed by atoms with Gasteiger partial charge in [-0.05, 0) is 38.2 Å². The quantitative estimate of drug-likeness (QED) is 0.846. The first-order valence-corrected chi connectivity index (χ1v) is 8.20. The molecule has 20 heavy (non-hydrogen) atoms. The maximum absolute atomic E-state index is 13.8. The summed E-state index contributed by atoms with van der Waals surface area (Å²) < 4.78 is 14.0. The lowest BCUT2D eigenvalue weighted by Crippen LogP contribution is -2.45. The van der Waals surface area contributed by atoms with E-state index in [1.54, 1.807) is 12.1 Å². The van der Waals surface area contributed by atoms with Crippen LogP contribution in [0.2, 0.25) is 0 Å². The van der Waals surface area contributed by atoms with Crippen molar-refractivity contribution < 1.29 is 9.18 Å². The normalized spacial score (nSPS) is 16.4. The number of hydrogen-bond donors (Lipinski definition) is 2. The molecule has 2 N–H and O–H groups in total. The standard InChI is InChI=1S/C15H21FN2OS/c1-3-17-13-11(6-4-7-12(13)16)14(19)18-10-15(20-2)8-5-9-15/h4,6-7,17H,3,5,8-10H2,1-2H3,(H,18,19). The highest BCUT2D eigenvalue weighted by Gasteiger charge is 2.36. The predicted molar refractivity (Wildman–Crippen MR) is 83.0 cm³/mol. The van der Waals surface area contributed by atoms with Crippen molar-refractivity contribution in [1.82, 2.24) is 5.32 Å². The maximum atomic E-state index is 13.8. The van der Waals surface area contributed by atoms with Crippen LogP contribution in [-0.4, -0.2) is 30.0 Å². The monoisotopic (exact) mass is 296 g/mol. The maximum Gasteiger partial charge on any atom is 0.253 e. The zero-order valence-corrected chi connectivity index (χ0v) is 12.8. The molecule has 3 nitrogen and oxygen atoms in total. The Balaban J connectivity index is 2.07. The molecule has 0 saturated heterocycles. The Morgan fingerprint density at radius 2 is 2.20 bits per heavy atom. The minimum Gasteiger partial charge on any atom is -0.382 e. The molecular formula is C15H21FN2OS. The molecule has 0 spiro atoms. The number of carbonyl (C=O) groups excluding carboxylic acids is 1. The minimum absolute atomic E-state index is 0.182. The second-order valence-corrected chi connectivity index (χ2v) is 6.39. The molecule has 0 radical (unpaired) electrons. The SMILES string of the molecule is CCNc1c(F)cccc1C(=O)NCC1(SC)CCC1. The third kappa shape index (κ3) is 3.08. The minimum atomic E-state index is -0.386. The highest BCUT2D eigenvalue weighted by atomic mass is 32.2. The molecule has 110 valence electrons. The molecule has 1 aliphatic carbocycles. The van der Waals surface area contributed by atoms with E-state index >= 15 is 0 Å². The smallest absolute Gasteiger partial charge is 0.253 e. The van der Waals surface area contributed by atoms with Crippen molar-refractivity contribution >= 4 is 23.4 Å². The largest absolute Gasteiger partial charge is 0.382 e. The van der Waals surface area contributed by atoms with Crippen LogP contribution in [-0.2, 0) is 0 Å². The third-order valence-corrected chi connectivity index (χ3v) is 5.30. The van der Waals surface area contributed by atoms with Crippen molar-refractivity contribution in [3.05, 3.63) is 29.6 Å². The lowest BCUT2D eigenvalue weighted by atomic mass is 9.84. The van der Waals surface area contributed by atoms with Crippen molar-refractivity contribution in [2.24, 2.45) is 0 Å². The number of amides is 1. The van der Waals surface area contributed by atoms with Gasteiger partial charge >= 0.3 is 0 Å². The van der Waals surface area contributed by atoms with Crippen molar-refractivity contribution in [2.75, 3.05) is 24.7 Å². The van der Waals surface area contributed by atoms with E-state index < -0.39 is 0 Å². The fourth-order valence-electron chi connectivity index (χ4n) is 2.43. The average Bonchev–Trinajstić information content (AvgIpc) is 2.40. The molecule has 1 saturated carbocycles. The predicted octanol–water partition coefficient (Wildman–Crippen LogP) is 3.27. The summed E-state index contributed by atoms with van der Waals surface area (Å²) in [6.45, 7) is 3.11. The van der Waals surface area contributed by atoms with E-state index in [9.17, 15) is 9.18 Å². The van der Waals surface area contributed by atoms with Gasteiger partial charge in [0.25, 0.3) is 5.91 Å². The van der Waals surface area contributed by atoms with Gasteiger partial charge in [0.1, 0.15) is 5.82 Å². The second kappa shape index (κ2) is 6.48. The summed E-state index contributed by atoms with van der Waals surface area (Å²) in [7, 11) is 0. The lowest BCUT2D eigenvalue weighted by Gasteiger charge is -2.40. The van der Waals surface area contributed by atoms with Crippen molar-refractivity contribution in [3.8, 4) is 0 Å². The van der Waals surface area contributed by atoms with Gasteiger partial charge in [-0.25, -0.2) is 4.39 Å². The molecule has 1 aromatic carbocycles. The molecule has 0 atom stereocenters. The van der Waals surface area contributed by atoms with Crippen LogP contribution in [0.3, 0.4) is 0 Å². The fraction of sp³-hybridized carbons (Fsp3) is 0.533. The Labute approximate surface area is 123 Å². The summed E-state index contributed by atoms with van der Waals surface area (Å²) in [5.41, 5.74) is 0.668. The summed E-state index contributed by atoms with van der Waals surface area (Å²) in [6, 6.07) is 4.59. The molecule has 2 rings (SSSR count). The van der Waals surface area contributed by atoms with Gasteiger partial charge in [0.15, 0.2) is 0 Å². The van der Waals surface area contributed by atoms with Gasteiger partial charge in [0.2, 0.25) is 0 Å². The first-order valence-electron chi connectivity index (χ1n) is 6.97. The van der Waals surface area contributed by atoms with E-state index in [0.29, 0.717) is 24.3 Å². The van der Waals surface area contributed by atoms with Crippen LogP contribution in [0.25, 0.3) is 0 Å². The molecule has 0 aromatic heterocycles. The Kier molecular flexibility index (Phi) is 4.91. The molecule has 0 heterocycles. The Bertz CT molecular complexity index is 483. The zero-order chi connectivity index (χ0) is 14.6. The summed E-state index contributed by atoms with van der Waals surface area (Å²) >= 11 is 1.81. The van der Waals surface area contributed by atoms with Crippen LogP contribution in [0.4, 0.5) is 10.1 Å². The number of para-hydroxylation sites is 1. The van der Waals surface area contributed by atoms with E-state index in [1.807, 2.05) is 18.7 Å². The van der Waals surface area contributed by atoms with E-state index in [-0.39, 0.29) is 16.5 Å². The molecule has 0 aliphatic heterocycles. The third-order valence-electron chi connectivity index (χ3n) is 3.88. The molecule has 1 aromatic rings. The van der Waals surface area contributed by atoms with Gasteiger partial charge in [0.05, 0.1) is 11.3 Å².